The van der Waals surface area contributed by atoms with Crippen molar-refractivity contribution in [3.63, 3.8) is 0 Å². The molecule has 0 radical (unpaired) electrons. The van der Waals surface area contributed by atoms with Gasteiger partial charge in [0.15, 0.2) is 5.96 Å². The third kappa shape index (κ3) is 3.96. The van der Waals surface area contributed by atoms with Crippen molar-refractivity contribution < 1.29 is 4.79 Å². The molecule has 3 heterocycles. The van der Waals surface area contributed by atoms with Crippen LogP contribution >= 0.6 is 22.7 Å². The highest BCUT2D eigenvalue weighted by atomic mass is 32.1. The summed E-state index contributed by atoms with van der Waals surface area (Å²) in [6.07, 6.45) is 0.962. The minimum Gasteiger partial charge on any atom is -0.352 e. The molecule has 7 heteroatoms. The predicted octanol–water partition coefficient (Wildman–Crippen LogP) is 2.37. The molecule has 0 saturated heterocycles. The van der Waals surface area contributed by atoms with Crippen molar-refractivity contribution in [2.75, 3.05) is 20.1 Å². The molecule has 0 atom stereocenters. The Kier molecular flexibility index (Phi) is 5.52. The van der Waals surface area contributed by atoms with E-state index in [-0.39, 0.29) is 12.5 Å². The molecule has 0 bridgehead atoms. The lowest BCUT2D eigenvalue weighted by Crippen LogP contribution is -2.45. The summed E-state index contributed by atoms with van der Waals surface area (Å²) in [5, 5.41) is 10.6. The summed E-state index contributed by atoms with van der Waals surface area (Å²) in [5.41, 5.74) is 2.56. The molecule has 24 heavy (non-hydrogen) atoms. The second kappa shape index (κ2) is 7.81. The first-order chi connectivity index (χ1) is 11.7. The molecule has 1 aliphatic heterocycles. The lowest BCUT2D eigenvalue weighted by molar-refractivity contribution is -0.130. The van der Waals surface area contributed by atoms with E-state index >= 15 is 0 Å². The molecule has 0 aromatic carbocycles. The van der Waals surface area contributed by atoms with Crippen LogP contribution in [0.3, 0.4) is 0 Å². The first-order valence-corrected chi connectivity index (χ1v) is 9.74. The fourth-order valence-corrected chi connectivity index (χ4v) is 4.44. The Bertz CT molecular complexity index is 735. The summed E-state index contributed by atoms with van der Waals surface area (Å²) < 4.78 is 0. The summed E-state index contributed by atoms with van der Waals surface area (Å²) in [7, 11) is 1.72. The molecule has 0 saturated carbocycles. The minimum absolute atomic E-state index is 0.113. The van der Waals surface area contributed by atoms with Gasteiger partial charge in [-0.05, 0) is 47.4 Å². The molecule has 0 unspecified atom stereocenters. The average Bonchev–Trinajstić information content (AvgIpc) is 3.22. The molecular formula is C17H22N4OS2. The van der Waals surface area contributed by atoms with Crippen molar-refractivity contribution in [2.45, 2.75) is 26.4 Å². The van der Waals surface area contributed by atoms with Crippen molar-refractivity contribution in [2.24, 2.45) is 4.99 Å². The van der Waals surface area contributed by atoms with Crippen LogP contribution in [0.1, 0.15) is 20.9 Å². The number of amides is 1. The van der Waals surface area contributed by atoms with Crippen LogP contribution in [-0.2, 0) is 24.3 Å². The lowest BCUT2D eigenvalue weighted by Gasteiger charge is -2.27. The van der Waals surface area contributed by atoms with Gasteiger partial charge in [-0.25, -0.2) is 0 Å². The largest absolute Gasteiger partial charge is 0.352 e. The molecule has 2 aromatic rings. The van der Waals surface area contributed by atoms with E-state index in [2.05, 4.69) is 45.4 Å². The Morgan fingerprint density at radius 3 is 2.88 bits per heavy atom. The summed E-state index contributed by atoms with van der Waals surface area (Å²) in [5.74, 6) is 0.770. The number of aryl methyl sites for hydroxylation is 1. The summed E-state index contributed by atoms with van der Waals surface area (Å²) >= 11 is 3.51. The van der Waals surface area contributed by atoms with Gasteiger partial charge in [-0.15, -0.1) is 22.7 Å². The van der Waals surface area contributed by atoms with Gasteiger partial charge in [0.2, 0.25) is 5.91 Å². The van der Waals surface area contributed by atoms with E-state index in [1.165, 1.54) is 20.9 Å². The molecule has 2 aromatic heterocycles. The Morgan fingerprint density at radius 2 is 2.12 bits per heavy atom. The van der Waals surface area contributed by atoms with Crippen LogP contribution in [0.15, 0.2) is 27.9 Å². The van der Waals surface area contributed by atoms with Gasteiger partial charge in [0, 0.05) is 29.9 Å². The van der Waals surface area contributed by atoms with Gasteiger partial charge >= 0.3 is 0 Å². The Labute approximate surface area is 150 Å². The van der Waals surface area contributed by atoms with Crippen LogP contribution in [0.2, 0.25) is 0 Å². The Morgan fingerprint density at radius 1 is 1.29 bits per heavy atom. The first-order valence-electron chi connectivity index (χ1n) is 7.98. The number of carbonyl (C=O) groups excluding carboxylic acids is 1. The molecule has 0 spiro atoms. The standard InChI is InChI=1S/C17H22N4OS2/c1-12-4-7-24-15(12)9-19-17(18-2)20-10-16(22)21-6-3-14-13(11-21)5-8-23-14/h4-5,7-8H,3,6,9-11H2,1-2H3,(H2,18,19,20). The zero-order valence-corrected chi connectivity index (χ0v) is 15.6. The van der Waals surface area contributed by atoms with Crippen LogP contribution in [0, 0.1) is 6.92 Å². The molecule has 1 aliphatic rings. The van der Waals surface area contributed by atoms with Gasteiger partial charge in [0.1, 0.15) is 0 Å². The molecule has 2 N–H and O–H groups in total. The van der Waals surface area contributed by atoms with Crippen molar-refractivity contribution >= 4 is 34.5 Å². The monoisotopic (exact) mass is 362 g/mol. The number of hydrogen-bond acceptors (Lipinski definition) is 4. The number of carbonyl (C=O) groups is 1. The maximum Gasteiger partial charge on any atom is 0.242 e. The summed E-state index contributed by atoms with van der Waals surface area (Å²) in [6, 6.07) is 4.23. The van der Waals surface area contributed by atoms with Gasteiger partial charge in [0.05, 0.1) is 13.1 Å². The quantitative estimate of drug-likeness (QED) is 0.648. The number of thiophene rings is 2. The van der Waals surface area contributed by atoms with E-state index in [1.54, 1.807) is 29.7 Å². The Balaban J connectivity index is 1.47. The number of nitrogens with zero attached hydrogens (tertiary/aromatic N) is 2. The SMILES string of the molecule is CN=C(NCC(=O)N1CCc2sccc2C1)NCc1sccc1C. The van der Waals surface area contributed by atoms with E-state index in [4.69, 9.17) is 0 Å². The zero-order chi connectivity index (χ0) is 16.9. The normalized spacial score (nSPS) is 14.4. The van der Waals surface area contributed by atoms with Crippen molar-refractivity contribution in [1.82, 2.24) is 15.5 Å². The predicted molar refractivity (Wildman–Crippen MR) is 101 cm³/mol. The van der Waals surface area contributed by atoms with Crippen LogP contribution in [0.25, 0.3) is 0 Å². The van der Waals surface area contributed by atoms with E-state index in [9.17, 15) is 4.79 Å². The van der Waals surface area contributed by atoms with E-state index in [0.717, 1.165) is 26.1 Å². The summed E-state index contributed by atoms with van der Waals surface area (Å²) in [6.45, 7) is 4.61. The number of fused-ring (bicyclic) bond motifs is 1. The first kappa shape index (κ1) is 17.0. The van der Waals surface area contributed by atoms with Crippen LogP contribution in [-0.4, -0.2) is 36.9 Å². The zero-order valence-electron chi connectivity index (χ0n) is 14.0. The maximum absolute atomic E-state index is 12.4. The lowest BCUT2D eigenvalue weighted by atomic mass is 10.1. The molecule has 1 amide bonds. The highest BCUT2D eigenvalue weighted by Gasteiger charge is 2.21. The van der Waals surface area contributed by atoms with Crippen LogP contribution in [0.5, 0.6) is 0 Å². The molecule has 128 valence electrons. The molecule has 5 nitrogen and oxygen atoms in total. The molecule has 0 fully saturated rings. The summed E-state index contributed by atoms with van der Waals surface area (Å²) in [4.78, 5) is 21.2. The number of guanidine groups is 1. The highest BCUT2D eigenvalue weighted by Crippen LogP contribution is 2.23. The number of aliphatic imine (C=N–C) groups is 1. The average molecular weight is 363 g/mol. The highest BCUT2D eigenvalue weighted by molar-refractivity contribution is 7.10. The van der Waals surface area contributed by atoms with Crippen molar-refractivity contribution in [1.29, 1.82) is 0 Å². The van der Waals surface area contributed by atoms with E-state index in [0.29, 0.717) is 5.96 Å². The topological polar surface area (TPSA) is 56.7 Å². The van der Waals surface area contributed by atoms with Crippen LogP contribution < -0.4 is 10.6 Å². The minimum atomic E-state index is 0.113. The van der Waals surface area contributed by atoms with Gasteiger partial charge in [-0.1, -0.05) is 0 Å². The van der Waals surface area contributed by atoms with Crippen LogP contribution in [0.4, 0.5) is 0 Å². The van der Waals surface area contributed by atoms with E-state index < -0.39 is 0 Å². The molecular weight excluding hydrogens is 340 g/mol. The fraction of sp³-hybridized carbons (Fsp3) is 0.412. The number of nitrogens with one attached hydrogen (secondary N) is 2. The smallest absolute Gasteiger partial charge is 0.242 e. The third-order valence-corrected chi connectivity index (χ3v) is 6.22. The van der Waals surface area contributed by atoms with Crippen molar-refractivity contribution in [3.8, 4) is 0 Å². The number of rotatable bonds is 4. The van der Waals surface area contributed by atoms with Crippen molar-refractivity contribution in [3.05, 3.63) is 43.8 Å². The molecule has 0 aliphatic carbocycles. The van der Waals surface area contributed by atoms with Gasteiger partial charge in [-0.3, -0.25) is 9.79 Å². The second-order valence-corrected chi connectivity index (χ2v) is 7.74. The third-order valence-electron chi connectivity index (χ3n) is 4.18. The number of hydrogen-bond donors (Lipinski definition) is 2. The Hall–Kier alpha value is -1.86. The van der Waals surface area contributed by atoms with E-state index in [1.807, 2.05) is 4.90 Å². The van der Waals surface area contributed by atoms with Gasteiger partial charge in [0.25, 0.3) is 0 Å². The van der Waals surface area contributed by atoms with Gasteiger partial charge in [-0.2, -0.15) is 0 Å². The second-order valence-electron chi connectivity index (χ2n) is 5.74. The maximum atomic E-state index is 12.4. The van der Waals surface area contributed by atoms with Gasteiger partial charge < -0.3 is 15.5 Å². The fourth-order valence-electron chi connectivity index (χ4n) is 2.70. The molecule has 3 rings (SSSR count).